The molecule has 2 aliphatic heterocycles. The summed E-state index contributed by atoms with van der Waals surface area (Å²) >= 11 is 0. The van der Waals surface area contributed by atoms with Crippen molar-refractivity contribution in [3.8, 4) is 0 Å². The maximum Gasteiger partial charge on any atom is 0.416 e. The molecule has 1 aliphatic carbocycles. The van der Waals surface area contributed by atoms with Gasteiger partial charge in [-0.25, -0.2) is 0 Å². The lowest BCUT2D eigenvalue weighted by atomic mass is 10.0. The SMILES string of the molecule is O=C(C1CC1c1cccc(C(F)(F)F)c1)N1C2CCNCC1CC2. The van der Waals surface area contributed by atoms with Crippen molar-refractivity contribution >= 4 is 5.91 Å². The first kappa shape index (κ1) is 15.9. The summed E-state index contributed by atoms with van der Waals surface area (Å²) in [7, 11) is 0. The van der Waals surface area contributed by atoms with E-state index < -0.39 is 11.7 Å². The summed E-state index contributed by atoms with van der Waals surface area (Å²) in [5.74, 6) is -0.0568. The minimum absolute atomic E-state index is 0.0598. The van der Waals surface area contributed by atoms with E-state index in [2.05, 4.69) is 5.32 Å². The Bertz CT molecular complexity index is 631. The van der Waals surface area contributed by atoms with Gasteiger partial charge in [0.1, 0.15) is 0 Å². The molecule has 4 unspecified atom stereocenters. The van der Waals surface area contributed by atoms with E-state index in [9.17, 15) is 18.0 Å². The molecule has 2 bridgehead atoms. The minimum atomic E-state index is -4.33. The number of rotatable bonds is 2. The van der Waals surface area contributed by atoms with E-state index in [0.717, 1.165) is 38.4 Å². The molecule has 1 amide bonds. The summed E-state index contributed by atoms with van der Waals surface area (Å²) in [6.07, 6.45) is -0.601. The van der Waals surface area contributed by atoms with E-state index in [1.165, 1.54) is 12.1 Å². The first-order chi connectivity index (χ1) is 11.4. The predicted molar refractivity (Wildman–Crippen MR) is 83.4 cm³/mol. The highest BCUT2D eigenvalue weighted by atomic mass is 19.4. The van der Waals surface area contributed by atoms with Gasteiger partial charge in [0.15, 0.2) is 0 Å². The van der Waals surface area contributed by atoms with Gasteiger partial charge in [-0.3, -0.25) is 4.79 Å². The summed E-state index contributed by atoms with van der Waals surface area (Å²) in [4.78, 5) is 15.0. The van der Waals surface area contributed by atoms with Gasteiger partial charge in [0.25, 0.3) is 0 Å². The maximum absolute atomic E-state index is 12.9. The number of nitrogens with one attached hydrogen (secondary N) is 1. The van der Waals surface area contributed by atoms with Gasteiger partial charge in [0.05, 0.1) is 5.56 Å². The average molecular weight is 338 g/mol. The van der Waals surface area contributed by atoms with Gasteiger partial charge < -0.3 is 10.2 Å². The largest absolute Gasteiger partial charge is 0.416 e. The lowest BCUT2D eigenvalue weighted by Gasteiger charge is -2.28. The molecule has 3 nitrogen and oxygen atoms in total. The van der Waals surface area contributed by atoms with Crippen LogP contribution in [0.5, 0.6) is 0 Å². The molecule has 1 N–H and O–H groups in total. The van der Waals surface area contributed by atoms with E-state index in [1.807, 2.05) is 4.90 Å². The Labute approximate surface area is 139 Å². The number of nitrogens with zero attached hydrogens (tertiary/aromatic N) is 1. The third-order valence-electron chi connectivity index (χ3n) is 5.66. The number of halogens is 3. The molecule has 2 heterocycles. The standard InChI is InChI=1S/C18H21F3N2O/c19-18(20,21)12-3-1-2-11(8-12)15-9-16(15)17(24)23-13-4-5-14(23)10-22-7-6-13/h1-3,8,13-16,22H,4-7,9-10H2. The molecular formula is C18H21F3N2O. The molecule has 3 fully saturated rings. The fourth-order valence-corrected chi connectivity index (χ4v) is 4.32. The van der Waals surface area contributed by atoms with Crippen molar-refractivity contribution in [2.45, 2.75) is 49.9 Å². The van der Waals surface area contributed by atoms with Gasteiger partial charge in [0, 0.05) is 24.5 Å². The molecule has 2 saturated heterocycles. The Hall–Kier alpha value is -1.56. The van der Waals surface area contributed by atoms with Crippen LogP contribution in [0.4, 0.5) is 13.2 Å². The molecule has 6 heteroatoms. The fraction of sp³-hybridized carbons (Fsp3) is 0.611. The number of hydrogen-bond donors (Lipinski definition) is 1. The van der Waals surface area contributed by atoms with Gasteiger partial charge in [-0.15, -0.1) is 0 Å². The highest BCUT2D eigenvalue weighted by Crippen LogP contribution is 2.50. The van der Waals surface area contributed by atoms with Crippen LogP contribution >= 0.6 is 0 Å². The van der Waals surface area contributed by atoms with E-state index in [0.29, 0.717) is 18.0 Å². The van der Waals surface area contributed by atoms with Crippen LogP contribution in [0, 0.1) is 5.92 Å². The third kappa shape index (κ3) is 2.81. The van der Waals surface area contributed by atoms with Crippen LogP contribution in [0.3, 0.4) is 0 Å². The van der Waals surface area contributed by atoms with Crippen molar-refractivity contribution < 1.29 is 18.0 Å². The van der Waals surface area contributed by atoms with Gasteiger partial charge in [0.2, 0.25) is 5.91 Å². The van der Waals surface area contributed by atoms with Crippen molar-refractivity contribution in [3.63, 3.8) is 0 Å². The summed E-state index contributed by atoms with van der Waals surface area (Å²) in [6.45, 7) is 1.77. The van der Waals surface area contributed by atoms with Crippen molar-refractivity contribution in [1.82, 2.24) is 10.2 Å². The summed E-state index contributed by atoms with van der Waals surface area (Å²) in [5.41, 5.74) is 0.0145. The number of carbonyl (C=O) groups excluding carboxylic acids is 1. The topological polar surface area (TPSA) is 32.3 Å². The Morgan fingerprint density at radius 3 is 2.75 bits per heavy atom. The molecule has 4 rings (SSSR count). The Morgan fingerprint density at radius 1 is 1.17 bits per heavy atom. The second-order valence-electron chi connectivity index (χ2n) is 7.20. The minimum Gasteiger partial charge on any atom is -0.335 e. The van der Waals surface area contributed by atoms with E-state index in [4.69, 9.17) is 0 Å². The molecule has 1 saturated carbocycles. The second-order valence-corrected chi connectivity index (χ2v) is 7.20. The second kappa shape index (κ2) is 5.76. The number of alkyl halides is 3. The molecule has 0 aromatic heterocycles. The lowest BCUT2D eigenvalue weighted by Crippen LogP contribution is -2.43. The van der Waals surface area contributed by atoms with Crippen LogP contribution in [-0.2, 0) is 11.0 Å². The molecule has 1 aromatic carbocycles. The van der Waals surface area contributed by atoms with Crippen LogP contribution in [-0.4, -0.2) is 36.0 Å². The van der Waals surface area contributed by atoms with Gasteiger partial charge in [-0.1, -0.05) is 18.2 Å². The van der Waals surface area contributed by atoms with Crippen molar-refractivity contribution in [3.05, 3.63) is 35.4 Å². The third-order valence-corrected chi connectivity index (χ3v) is 5.66. The Balaban J connectivity index is 1.49. The molecule has 3 aliphatic rings. The quantitative estimate of drug-likeness (QED) is 0.898. The number of fused-ring (bicyclic) bond motifs is 2. The van der Waals surface area contributed by atoms with Crippen LogP contribution in [0.1, 0.15) is 42.7 Å². The van der Waals surface area contributed by atoms with Crippen molar-refractivity contribution in [1.29, 1.82) is 0 Å². The maximum atomic E-state index is 12.9. The van der Waals surface area contributed by atoms with Crippen LogP contribution in [0.2, 0.25) is 0 Å². The molecule has 130 valence electrons. The molecule has 1 aromatic rings. The molecular weight excluding hydrogens is 317 g/mol. The van der Waals surface area contributed by atoms with E-state index in [1.54, 1.807) is 6.07 Å². The normalized spacial score (nSPS) is 32.5. The molecule has 0 spiro atoms. The van der Waals surface area contributed by atoms with Gasteiger partial charge in [-0.2, -0.15) is 13.2 Å². The highest BCUT2D eigenvalue weighted by molar-refractivity contribution is 5.84. The zero-order valence-electron chi connectivity index (χ0n) is 13.4. The zero-order valence-corrected chi connectivity index (χ0v) is 13.4. The van der Waals surface area contributed by atoms with Gasteiger partial charge >= 0.3 is 6.18 Å². The first-order valence-electron chi connectivity index (χ1n) is 8.65. The summed E-state index contributed by atoms with van der Waals surface area (Å²) in [6, 6.07) is 6.01. The number of amides is 1. The van der Waals surface area contributed by atoms with Crippen LogP contribution < -0.4 is 5.32 Å². The number of carbonyl (C=O) groups is 1. The van der Waals surface area contributed by atoms with Gasteiger partial charge in [-0.05, 0) is 49.8 Å². The van der Waals surface area contributed by atoms with Crippen molar-refractivity contribution in [2.24, 2.45) is 5.92 Å². The Morgan fingerprint density at radius 2 is 1.96 bits per heavy atom. The van der Waals surface area contributed by atoms with E-state index in [-0.39, 0.29) is 23.8 Å². The molecule has 0 radical (unpaired) electrons. The van der Waals surface area contributed by atoms with Crippen LogP contribution in [0.25, 0.3) is 0 Å². The average Bonchev–Trinajstić information content (AvgIpc) is 3.26. The Kier molecular flexibility index (Phi) is 3.82. The van der Waals surface area contributed by atoms with Crippen molar-refractivity contribution in [2.75, 3.05) is 13.1 Å². The summed E-state index contributed by atoms with van der Waals surface area (Å²) in [5, 5.41) is 3.37. The number of benzene rings is 1. The smallest absolute Gasteiger partial charge is 0.335 e. The predicted octanol–water partition coefficient (Wildman–Crippen LogP) is 3.16. The highest BCUT2D eigenvalue weighted by Gasteiger charge is 2.50. The number of hydrogen-bond acceptors (Lipinski definition) is 2. The summed E-state index contributed by atoms with van der Waals surface area (Å²) < 4.78 is 38.6. The first-order valence-corrected chi connectivity index (χ1v) is 8.65. The fourth-order valence-electron chi connectivity index (χ4n) is 4.32. The van der Waals surface area contributed by atoms with E-state index >= 15 is 0 Å². The van der Waals surface area contributed by atoms with Crippen LogP contribution in [0.15, 0.2) is 24.3 Å². The zero-order chi connectivity index (χ0) is 16.9. The lowest BCUT2D eigenvalue weighted by molar-refractivity contribution is -0.137. The molecule has 24 heavy (non-hydrogen) atoms. The molecule has 4 atom stereocenters. The monoisotopic (exact) mass is 338 g/mol.